The number of para-hydroxylation sites is 1. The maximum absolute atomic E-state index is 12.8. The first-order valence-corrected chi connectivity index (χ1v) is 11.1. The molecule has 0 spiro atoms. The molecule has 3 rings (SSSR count). The number of hydrogen-bond acceptors (Lipinski definition) is 7. The Balaban J connectivity index is 1.88. The lowest BCUT2D eigenvalue weighted by molar-refractivity contribution is -0.384. The van der Waals surface area contributed by atoms with Crippen molar-refractivity contribution in [2.24, 2.45) is 0 Å². The van der Waals surface area contributed by atoms with Gasteiger partial charge in [0.25, 0.3) is 15.7 Å². The summed E-state index contributed by atoms with van der Waals surface area (Å²) in [6, 6.07) is 17.0. The highest BCUT2D eigenvalue weighted by Gasteiger charge is 2.23. The van der Waals surface area contributed by atoms with Crippen LogP contribution in [-0.2, 0) is 10.0 Å². The molecule has 0 amide bonds. The van der Waals surface area contributed by atoms with Gasteiger partial charge in [0.15, 0.2) is 0 Å². The third-order valence-corrected chi connectivity index (χ3v) is 6.17. The van der Waals surface area contributed by atoms with Crippen molar-refractivity contribution in [1.82, 2.24) is 0 Å². The van der Waals surface area contributed by atoms with Crippen LogP contribution in [0.1, 0.15) is 18.5 Å². The van der Waals surface area contributed by atoms with Gasteiger partial charge in [-0.1, -0.05) is 18.2 Å². The van der Waals surface area contributed by atoms with Gasteiger partial charge >= 0.3 is 0 Å². The predicted molar refractivity (Wildman–Crippen MR) is 122 cm³/mol. The molecule has 1 unspecified atom stereocenters. The normalized spacial score (nSPS) is 12.0. The standard InChI is InChI=1S/C22H23N3O6S/c1-15(19-6-4-5-7-22(19)31-3)23-20-13-12-18(14-21(20)25(26)27)32(28,29)24-16-8-10-17(30-2)11-9-16/h4-15,23-24H,1-3H3. The number of benzene rings is 3. The molecule has 3 aromatic carbocycles. The zero-order valence-electron chi connectivity index (χ0n) is 17.7. The van der Waals surface area contributed by atoms with E-state index in [1.165, 1.54) is 31.4 Å². The van der Waals surface area contributed by atoms with Gasteiger partial charge < -0.3 is 14.8 Å². The fourth-order valence-electron chi connectivity index (χ4n) is 3.16. The van der Waals surface area contributed by atoms with E-state index in [1.807, 2.05) is 25.1 Å². The Kier molecular flexibility index (Phi) is 6.84. The number of nitro benzene ring substituents is 1. The molecule has 9 nitrogen and oxygen atoms in total. The number of rotatable bonds is 9. The zero-order valence-corrected chi connectivity index (χ0v) is 18.5. The van der Waals surface area contributed by atoms with Crippen molar-refractivity contribution in [2.75, 3.05) is 24.3 Å². The van der Waals surface area contributed by atoms with Crippen molar-refractivity contribution >= 4 is 27.1 Å². The van der Waals surface area contributed by atoms with Crippen LogP contribution in [0, 0.1) is 10.1 Å². The molecule has 0 radical (unpaired) electrons. The average molecular weight is 458 g/mol. The molecule has 0 saturated carbocycles. The van der Waals surface area contributed by atoms with Crippen molar-refractivity contribution in [1.29, 1.82) is 0 Å². The number of methoxy groups -OCH3 is 2. The lowest BCUT2D eigenvalue weighted by Gasteiger charge is -2.18. The maximum atomic E-state index is 12.8. The van der Waals surface area contributed by atoms with Crippen molar-refractivity contribution in [3.63, 3.8) is 0 Å². The summed E-state index contributed by atoms with van der Waals surface area (Å²) >= 11 is 0. The highest BCUT2D eigenvalue weighted by atomic mass is 32.2. The Labute approximate surface area is 186 Å². The van der Waals surface area contributed by atoms with E-state index in [0.29, 0.717) is 17.2 Å². The molecule has 0 bridgehead atoms. The summed E-state index contributed by atoms with van der Waals surface area (Å²) in [7, 11) is -0.992. The highest BCUT2D eigenvalue weighted by molar-refractivity contribution is 7.92. The van der Waals surface area contributed by atoms with Crippen molar-refractivity contribution < 1.29 is 22.8 Å². The van der Waals surface area contributed by atoms with Crippen LogP contribution in [0.4, 0.5) is 17.1 Å². The fraction of sp³-hybridized carbons (Fsp3) is 0.182. The number of nitrogens with one attached hydrogen (secondary N) is 2. The van der Waals surface area contributed by atoms with Gasteiger partial charge in [-0.2, -0.15) is 0 Å². The van der Waals surface area contributed by atoms with Crippen LogP contribution in [-0.4, -0.2) is 27.6 Å². The summed E-state index contributed by atoms with van der Waals surface area (Å²) in [5, 5.41) is 14.8. The number of nitrogens with zero attached hydrogens (tertiary/aromatic N) is 1. The molecule has 10 heteroatoms. The summed E-state index contributed by atoms with van der Waals surface area (Å²) in [5.74, 6) is 1.21. The minimum Gasteiger partial charge on any atom is -0.497 e. The third kappa shape index (κ3) is 5.09. The number of hydrogen-bond donors (Lipinski definition) is 2. The third-order valence-electron chi connectivity index (χ3n) is 4.80. The first-order valence-electron chi connectivity index (χ1n) is 9.60. The summed E-state index contributed by atoms with van der Waals surface area (Å²) < 4.78 is 38.3. The summed E-state index contributed by atoms with van der Waals surface area (Å²) in [6.07, 6.45) is 0. The molecule has 1 atom stereocenters. The smallest absolute Gasteiger partial charge is 0.293 e. The zero-order chi connectivity index (χ0) is 23.3. The van der Waals surface area contributed by atoms with E-state index in [-0.39, 0.29) is 22.3 Å². The Morgan fingerprint density at radius 2 is 1.66 bits per heavy atom. The van der Waals surface area contributed by atoms with Crippen molar-refractivity contribution in [2.45, 2.75) is 17.9 Å². The molecule has 168 valence electrons. The monoisotopic (exact) mass is 457 g/mol. The molecule has 0 aliphatic rings. The SMILES string of the molecule is COc1ccc(NS(=O)(=O)c2ccc(NC(C)c3ccccc3OC)c([N+](=O)[O-])c2)cc1. The number of sulfonamides is 1. The Hall–Kier alpha value is -3.79. The molecule has 0 saturated heterocycles. The Morgan fingerprint density at radius 1 is 0.969 bits per heavy atom. The first-order chi connectivity index (χ1) is 15.2. The minimum atomic E-state index is -4.04. The highest BCUT2D eigenvalue weighted by Crippen LogP contribution is 2.33. The van der Waals surface area contributed by atoms with E-state index in [2.05, 4.69) is 10.0 Å². The number of anilines is 2. The van der Waals surface area contributed by atoms with Gasteiger partial charge in [0.2, 0.25) is 0 Å². The largest absolute Gasteiger partial charge is 0.497 e. The van der Waals surface area contributed by atoms with E-state index >= 15 is 0 Å². The summed E-state index contributed by atoms with van der Waals surface area (Å²) in [4.78, 5) is 10.8. The van der Waals surface area contributed by atoms with Gasteiger partial charge in [0.05, 0.1) is 30.1 Å². The molecule has 0 aliphatic heterocycles. The van der Waals surface area contributed by atoms with E-state index in [1.54, 1.807) is 25.3 Å². The lowest BCUT2D eigenvalue weighted by atomic mass is 10.1. The van der Waals surface area contributed by atoms with E-state index in [9.17, 15) is 18.5 Å². The second-order valence-corrected chi connectivity index (χ2v) is 8.56. The van der Waals surface area contributed by atoms with E-state index in [0.717, 1.165) is 11.6 Å². The molecule has 2 N–H and O–H groups in total. The lowest BCUT2D eigenvalue weighted by Crippen LogP contribution is -2.14. The molecular weight excluding hydrogens is 434 g/mol. The van der Waals surface area contributed by atoms with Crippen LogP contribution >= 0.6 is 0 Å². The predicted octanol–water partition coefficient (Wildman–Crippen LogP) is 4.59. The Morgan fingerprint density at radius 3 is 2.28 bits per heavy atom. The second kappa shape index (κ2) is 9.56. The Bertz CT molecular complexity index is 1210. The van der Waals surface area contributed by atoms with Crippen LogP contribution in [0.2, 0.25) is 0 Å². The quantitative estimate of drug-likeness (QED) is 0.356. The van der Waals surface area contributed by atoms with Crippen LogP contribution in [0.25, 0.3) is 0 Å². The molecule has 3 aromatic rings. The second-order valence-electron chi connectivity index (χ2n) is 6.88. The maximum Gasteiger partial charge on any atom is 0.293 e. The molecule has 32 heavy (non-hydrogen) atoms. The average Bonchev–Trinajstić information content (AvgIpc) is 2.79. The van der Waals surface area contributed by atoms with Gasteiger partial charge in [-0.25, -0.2) is 8.42 Å². The van der Waals surface area contributed by atoms with Gasteiger partial charge in [-0.3, -0.25) is 14.8 Å². The molecule has 0 fully saturated rings. The van der Waals surface area contributed by atoms with Crippen LogP contribution in [0.15, 0.2) is 71.6 Å². The molecule has 0 heterocycles. The van der Waals surface area contributed by atoms with Crippen LogP contribution in [0.5, 0.6) is 11.5 Å². The first kappa shape index (κ1) is 22.9. The molecular formula is C22H23N3O6S. The number of nitro groups is 1. The molecule has 0 aromatic heterocycles. The van der Waals surface area contributed by atoms with Crippen molar-refractivity contribution in [3.05, 3.63) is 82.4 Å². The van der Waals surface area contributed by atoms with Gasteiger partial charge in [-0.05, 0) is 49.4 Å². The fourth-order valence-corrected chi connectivity index (χ4v) is 4.24. The van der Waals surface area contributed by atoms with E-state index in [4.69, 9.17) is 9.47 Å². The minimum absolute atomic E-state index is 0.191. The summed E-state index contributed by atoms with van der Waals surface area (Å²) in [6.45, 7) is 1.83. The number of ether oxygens (including phenoxy) is 2. The summed E-state index contributed by atoms with van der Waals surface area (Å²) in [5.41, 5.74) is 0.948. The van der Waals surface area contributed by atoms with E-state index < -0.39 is 14.9 Å². The molecule has 0 aliphatic carbocycles. The topological polar surface area (TPSA) is 120 Å². The van der Waals surface area contributed by atoms with Crippen LogP contribution < -0.4 is 19.5 Å². The van der Waals surface area contributed by atoms with Crippen LogP contribution in [0.3, 0.4) is 0 Å². The van der Waals surface area contributed by atoms with Gasteiger partial charge in [0, 0.05) is 17.3 Å². The van der Waals surface area contributed by atoms with Crippen molar-refractivity contribution in [3.8, 4) is 11.5 Å². The van der Waals surface area contributed by atoms with Gasteiger partial charge in [0.1, 0.15) is 17.2 Å². The van der Waals surface area contributed by atoms with Gasteiger partial charge in [-0.15, -0.1) is 0 Å².